The SMILES string of the molecule is Cc1cc(C)cc(/N=c2\[nH]c(=O)n(C[C@H](C)C(=O)O)c(=O)n2Cc2ccc(Cl)cc2)c1. The molecule has 1 aromatic heterocycles. The first-order valence-electron chi connectivity index (χ1n) is 9.68. The van der Waals surface area contributed by atoms with E-state index in [1.807, 2.05) is 32.0 Å². The van der Waals surface area contributed by atoms with Crippen molar-refractivity contribution in [1.29, 1.82) is 0 Å². The van der Waals surface area contributed by atoms with Crippen LogP contribution in [0.2, 0.25) is 5.02 Å². The Balaban J connectivity index is 2.22. The minimum Gasteiger partial charge on any atom is -0.481 e. The van der Waals surface area contributed by atoms with Gasteiger partial charge in [-0.3, -0.25) is 14.3 Å². The smallest absolute Gasteiger partial charge is 0.335 e. The summed E-state index contributed by atoms with van der Waals surface area (Å²) in [6.45, 7) is 5.17. The van der Waals surface area contributed by atoms with Gasteiger partial charge in [-0.05, 0) is 54.8 Å². The molecule has 3 aromatic rings. The van der Waals surface area contributed by atoms with Gasteiger partial charge in [-0.15, -0.1) is 0 Å². The molecule has 0 aliphatic rings. The summed E-state index contributed by atoms with van der Waals surface area (Å²) in [6, 6.07) is 12.6. The molecule has 1 heterocycles. The van der Waals surface area contributed by atoms with Gasteiger partial charge in [0, 0.05) is 11.6 Å². The first-order valence-corrected chi connectivity index (χ1v) is 10.1. The lowest BCUT2D eigenvalue weighted by molar-refractivity contribution is -0.141. The second-order valence-electron chi connectivity index (χ2n) is 7.56. The Morgan fingerprint density at radius 3 is 2.29 bits per heavy atom. The first kappa shape index (κ1) is 22.3. The average Bonchev–Trinajstić information content (AvgIpc) is 2.68. The quantitative estimate of drug-likeness (QED) is 0.611. The van der Waals surface area contributed by atoms with Crippen LogP contribution in [0.4, 0.5) is 5.69 Å². The fourth-order valence-corrected chi connectivity index (χ4v) is 3.33. The number of rotatable bonds is 6. The Hall–Kier alpha value is -3.39. The fourth-order valence-electron chi connectivity index (χ4n) is 3.21. The van der Waals surface area contributed by atoms with Gasteiger partial charge in [-0.2, -0.15) is 0 Å². The average molecular weight is 443 g/mol. The Labute approximate surface area is 183 Å². The van der Waals surface area contributed by atoms with Crippen molar-refractivity contribution in [2.75, 3.05) is 0 Å². The molecule has 0 unspecified atom stereocenters. The van der Waals surface area contributed by atoms with Gasteiger partial charge in [0.2, 0.25) is 5.62 Å². The number of aromatic amines is 1. The molecule has 0 fully saturated rings. The molecule has 2 N–H and O–H groups in total. The largest absolute Gasteiger partial charge is 0.481 e. The van der Waals surface area contributed by atoms with Crippen LogP contribution in [0, 0.1) is 19.8 Å². The van der Waals surface area contributed by atoms with Gasteiger partial charge in [0.25, 0.3) is 0 Å². The van der Waals surface area contributed by atoms with E-state index in [-0.39, 0.29) is 18.7 Å². The van der Waals surface area contributed by atoms with Crippen LogP contribution in [0.25, 0.3) is 0 Å². The maximum atomic E-state index is 13.2. The molecule has 8 nitrogen and oxygen atoms in total. The van der Waals surface area contributed by atoms with E-state index in [4.69, 9.17) is 11.6 Å². The lowest BCUT2D eigenvalue weighted by Crippen LogP contribution is -2.51. The summed E-state index contributed by atoms with van der Waals surface area (Å²) in [6.07, 6.45) is 0. The molecule has 0 saturated heterocycles. The van der Waals surface area contributed by atoms with E-state index >= 15 is 0 Å². The highest BCUT2D eigenvalue weighted by atomic mass is 35.5. The number of carboxylic acids is 1. The predicted molar refractivity (Wildman–Crippen MR) is 118 cm³/mol. The van der Waals surface area contributed by atoms with Crippen molar-refractivity contribution in [2.45, 2.75) is 33.9 Å². The zero-order chi connectivity index (χ0) is 22.7. The number of nitrogens with one attached hydrogen (secondary N) is 1. The molecule has 3 rings (SSSR count). The number of benzene rings is 2. The first-order chi connectivity index (χ1) is 14.6. The van der Waals surface area contributed by atoms with Crippen LogP contribution in [0.5, 0.6) is 0 Å². The summed E-state index contributed by atoms with van der Waals surface area (Å²) in [7, 11) is 0. The highest BCUT2D eigenvalue weighted by Crippen LogP contribution is 2.16. The summed E-state index contributed by atoms with van der Waals surface area (Å²) in [5.74, 6) is -2.01. The van der Waals surface area contributed by atoms with E-state index in [9.17, 15) is 19.5 Å². The second-order valence-corrected chi connectivity index (χ2v) is 7.99. The number of carbonyl (C=O) groups is 1. The van der Waals surface area contributed by atoms with E-state index in [1.54, 1.807) is 24.3 Å². The van der Waals surface area contributed by atoms with Crippen molar-refractivity contribution >= 4 is 23.3 Å². The van der Waals surface area contributed by atoms with Gasteiger partial charge in [0.1, 0.15) is 0 Å². The number of aromatic nitrogens is 3. The summed E-state index contributed by atoms with van der Waals surface area (Å²) >= 11 is 5.95. The molecule has 0 saturated carbocycles. The van der Waals surface area contributed by atoms with Crippen molar-refractivity contribution < 1.29 is 9.90 Å². The third kappa shape index (κ3) is 5.40. The van der Waals surface area contributed by atoms with Crippen molar-refractivity contribution in [3.05, 3.63) is 90.8 Å². The molecule has 1 atom stereocenters. The van der Waals surface area contributed by atoms with E-state index in [0.29, 0.717) is 10.7 Å². The van der Waals surface area contributed by atoms with E-state index in [2.05, 4.69) is 9.98 Å². The molecule has 9 heteroatoms. The minimum absolute atomic E-state index is 0.0779. The normalized spacial score (nSPS) is 12.7. The number of aliphatic carboxylic acids is 1. The van der Waals surface area contributed by atoms with Gasteiger partial charge in [-0.25, -0.2) is 19.1 Å². The number of H-pyrrole nitrogens is 1. The zero-order valence-corrected chi connectivity index (χ0v) is 18.2. The fraction of sp³-hybridized carbons (Fsp3) is 0.273. The van der Waals surface area contributed by atoms with Crippen LogP contribution in [-0.4, -0.2) is 25.2 Å². The van der Waals surface area contributed by atoms with Crippen molar-refractivity contribution in [3.8, 4) is 0 Å². The number of carboxylic acid groups (broad SMARTS) is 1. The molecule has 0 bridgehead atoms. The number of aryl methyl sites for hydroxylation is 2. The second kappa shape index (κ2) is 9.18. The van der Waals surface area contributed by atoms with Crippen LogP contribution < -0.4 is 17.0 Å². The lowest BCUT2D eigenvalue weighted by Gasteiger charge is -2.13. The van der Waals surface area contributed by atoms with Crippen molar-refractivity contribution in [2.24, 2.45) is 10.9 Å². The van der Waals surface area contributed by atoms with Crippen LogP contribution >= 0.6 is 11.6 Å². The van der Waals surface area contributed by atoms with Crippen LogP contribution in [0.1, 0.15) is 23.6 Å². The molecule has 0 amide bonds. The van der Waals surface area contributed by atoms with Crippen LogP contribution in [0.3, 0.4) is 0 Å². The highest BCUT2D eigenvalue weighted by Gasteiger charge is 2.17. The number of hydrogen-bond acceptors (Lipinski definition) is 4. The van der Waals surface area contributed by atoms with Crippen molar-refractivity contribution in [3.63, 3.8) is 0 Å². The highest BCUT2D eigenvalue weighted by molar-refractivity contribution is 6.30. The van der Waals surface area contributed by atoms with E-state index < -0.39 is 23.3 Å². The molecule has 0 aliphatic carbocycles. The molecule has 2 aromatic carbocycles. The Bertz CT molecular complexity index is 1280. The Morgan fingerprint density at radius 1 is 1.10 bits per heavy atom. The monoisotopic (exact) mass is 442 g/mol. The summed E-state index contributed by atoms with van der Waals surface area (Å²) in [5.41, 5.74) is 2.07. The lowest BCUT2D eigenvalue weighted by atomic mass is 10.1. The summed E-state index contributed by atoms with van der Waals surface area (Å²) in [4.78, 5) is 44.2. The van der Waals surface area contributed by atoms with Crippen LogP contribution in [-0.2, 0) is 17.9 Å². The molecular weight excluding hydrogens is 420 g/mol. The third-order valence-electron chi connectivity index (χ3n) is 4.75. The van der Waals surface area contributed by atoms with E-state index in [1.165, 1.54) is 11.5 Å². The van der Waals surface area contributed by atoms with Gasteiger partial charge in [-0.1, -0.05) is 36.7 Å². The summed E-state index contributed by atoms with van der Waals surface area (Å²) < 4.78 is 2.20. The maximum absolute atomic E-state index is 13.2. The topological polar surface area (TPSA) is 109 Å². The number of nitrogens with zero attached hydrogens (tertiary/aromatic N) is 3. The minimum atomic E-state index is -1.10. The van der Waals surface area contributed by atoms with Gasteiger partial charge >= 0.3 is 17.3 Å². The molecular formula is C22H23ClN4O4. The molecule has 0 spiro atoms. The predicted octanol–water partition coefficient (Wildman–Crippen LogP) is 2.61. The molecule has 0 aliphatic heterocycles. The van der Waals surface area contributed by atoms with Gasteiger partial charge in [0.15, 0.2) is 0 Å². The number of halogens is 1. The Morgan fingerprint density at radius 2 is 1.71 bits per heavy atom. The molecule has 162 valence electrons. The third-order valence-corrected chi connectivity index (χ3v) is 5.01. The van der Waals surface area contributed by atoms with E-state index in [0.717, 1.165) is 21.3 Å². The van der Waals surface area contributed by atoms with Gasteiger partial charge in [0.05, 0.1) is 18.2 Å². The molecule has 0 radical (unpaired) electrons. The maximum Gasteiger partial charge on any atom is 0.335 e. The standard InChI is InChI=1S/C22H23ClN4O4/c1-13-8-14(2)10-18(9-13)24-20-25-21(30)27(11-15(3)19(28)29)22(31)26(20)12-16-4-6-17(23)7-5-16/h4-10,15H,11-12H2,1-3H3,(H,28,29)(H,24,25,30)/t15-/m0/s1. The number of hydrogen-bond donors (Lipinski definition) is 2. The van der Waals surface area contributed by atoms with Crippen molar-refractivity contribution in [1.82, 2.24) is 14.1 Å². The van der Waals surface area contributed by atoms with Gasteiger partial charge < -0.3 is 5.11 Å². The Kier molecular flexibility index (Phi) is 6.60. The van der Waals surface area contributed by atoms with Crippen LogP contribution in [0.15, 0.2) is 57.0 Å². The summed E-state index contributed by atoms with van der Waals surface area (Å²) in [5, 5.41) is 9.75. The molecule has 31 heavy (non-hydrogen) atoms. The zero-order valence-electron chi connectivity index (χ0n) is 17.4.